The average molecular weight is 375 g/mol. The number of nitrogens with zero attached hydrogens (tertiary/aromatic N) is 2. The predicted molar refractivity (Wildman–Crippen MR) is 112 cm³/mol. The van der Waals surface area contributed by atoms with E-state index in [-0.39, 0.29) is 0 Å². The average Bonchev–Trinajstić information content (AvgIpc) is 3.10. The third-order valence-corrected chi connectivity index (χ3v) is 5.50. The molecule has 0 aliphatic heterocycles. The van der Waals surface area contributed by atoms with E-state index in [4.69, 9.17) is 4.74 Å². The number of aryl methyl sites for hydroxylation is 1. The molecular weight excluding hydrogens is 354 g/mol. The molecule has 1 N–H and O–H groups in total. The molecule has 5 heteroatoms. The molecule has 27 heavy (non-hydrogen) atoms. The van der Waals surface area contributed by atoms with Crippen molar-refractivity contribution in [3.05, 3.63) is 83.0 Å². The van der Waals surface area contributed by atoms with E-state index in [1.54, 1.807) is 17.7 Å². The summed E-state index contributed by atoms with van der Waals surface area (Å²) in [7, 11) is 0. The summed E-state index contributed by atoms with van der Waals surface area (Å²) in [4.78, 5) is 8.75. The number of anilines is 1. The number of thiophene rings is 1. The summed E-state index contributed by atoms with van der Waals surface area (Å²) in [5.74, 6) is 1.81. The van der Waals surface area contributed by atoms with Crippen LogP contribution in [0.2, 0.25) is 0 Å². The zero-order valence-corrected chi connectivity index (χ0v) is 16.0. The molecule has 2 heterocycles. The normalized spacial score (nSPS) is 10.9. The quantitative estimate of drug-likeness (QED) is 0.480. The minimum atomic E-state index is 0.589. The Morgan fingerprint density at radius 3 is 2.59 bits per heavy atom. The van der Waals surface area contributed by atoms with Gasteiger partial charge < -0.3 is 10.1 Å². The van der Waals surface area contributed by atoms with Crippen LogP contribution in [0.3, 0.4) is 0 Å². The zero-order chi connectivity index (χ0) is 18.5. The van der Waals surface area contributed by atoms with E-state index >= 15 is 0 Å². The summed E-state index contributed by atoms with van der Waals surface area (Å²) >= 11 is 1.69. The second-order valence-corrected chi connectivity index (χ2v) is 7.29. The number of ether oxygens (including phenoxy) is 1. The fraction of sp³-hybridized carbons (Fsp3) is 0.182. The molecule has 0 aliphatic rings. The van der Waals surface area contributed by atoms with Gasteiger partial charge in [0, 0.05) is 6.54 Å². The van der Waals surface area contributed by atoms with Crippen LogP contribution in [-0.4, -0.2) is 16.5 Å². The highest BCUT2D eigenvalue weighted by Crippen LogP contribution is 2.28. The van der Waals surface area contributed by atoms with Gasteiger partial charge in [0.05, 0.1) is 10.2 Å². The van der Waals surface area contributed by atoms with Crippen molar-refractivity contribution in [2.45, 2.75) is 20.0 Å². The van der Waals surface area contributed by atoms with Gasteiger partial charge in [-0.1, -0.05) is 42.5 Å². The van der Waals surface area contributed by atoms with Crippen LogP contribution in [0.25, 0.3) is 10.2 Å². The number of aromatic nitrogens is 2. The number of nitrogens with one attached hydrogen (secondary N) is 1. The molecule has 0 spiro atoms. The molecule has 0 fully saturated rings. The minimum Gasteiger partial charge on any atom is -0.489 e. The molecular formula is C22H21N3OS. The Morgan fingerprint density at radius 2 is 1.78 bits per heavy atom. The maximum Gasteiger partial charge on any atom is 0.147 e. The SMILES string of the molecule is Cc1csc2c(NCCc3ccc(OCc4ccccc4)cc3)ncnc12. The second-order valence-electron chi connectivity index (χ2n) is 6.41. The molecule has 4 nitrogen and oxygen atoms in total. The monoisotopic (exact) mass is 375 g/mol. The molecule has 2 aromatic heterocycles. The summed E-state index contributed by atoms with van der Waals surface area (Å²) < 4.78 is 6.96. The number of hydrogen-bond donors (Lipinski definition) is 1. The van der Waals surface area contributed by atoms with Gasteiger partial charge in [0.1, 0.15) is 24.5 Å². The van der Waals surface area contributed by atoms with Crippen LogP contribution in [0.15, 0.2) is 66.3 Å². The summed E-state index contributed by atoms with van der Waals surface area (Å²) in [5, 5.41) is 5.56. The van der Waals surface area contributed by atoms with Crippen molar-refractivity contribution >= 4 is 27.4 Å². The van der Waals surface area contributed by atoms with Gasteiger partial charge in [0.25, 0.3) is 0 Å². The van der Waals surface area contributed by atoms with Gasteiger partial charge in [-0.2, -0.15) is 0 Å². The summed E-state index contributed by atoms with van der Waals surface area (Å²) in [5.41, 5.74) is 4.68. The smallest absolute Gasteiger partial charge is 0.147 e. The molecule has 0 radical (unpaired) electrons. The second kappa shape index (κ2) is 8.18. The van der Waals surface area contributed by atoms with Crippen molar-refractivity contribution < 1.29 is 4.74 Å². The van der Waals surface area contributed by atoms with Crippen molar-refractivity contribution in [2.75, 3.05) is 11.9 Å². The van der Waals surface area contributed by atoms with E-state index < -0.39 is 0 Å². The number of benzene rings is 2. The van der Waals surface area contributed by atoms with Crippen molar-refractivity contribution in [1.82, 2.24) is 9.97 Å². The first-order chi connectivity index (χ1) is 13.3. The number of fused-ring (bicyclic) bond motifs is 1. The van der Waals surface area contributed by atoms with Gasteiger partial charge in [-0.05, 0) is 47.5 Å². The van der Waals surface area contributed by atoms with Crippen LogP contribution in [-0.2, 0) is 13.0 Å². The lowest BCUT2D eigenvalue weighted by Crippen LogP contribution is -2.06. The van der Waals surface area contributed by atoms with E-state index in [2.05, 4.69) is 51.9 Å². The molecule has 0 unspecified atom stereocenters. The summed E-state index contributed by atoms with van der Waals surface area (Å²) in [6, 6.07) is 18.5. The van der Waals surface area contributed by atoms with Crippen molar-refractivity contribution in [1.29, 1.82) is 0 Å². The lowest BCUT2D eigenvalue weighted by molar-refractivity contribution is 0.306. The van der Waals surface area contributed by atoms with E-state index in [0.29, 0.717) is 6.61 Å². The van der Waals surface area contributed by atoms with Crippen LogP contribution >= 0.6 is 11.3 Å². The van der Waals surface area contributed by atoms with Crippen LogP contribution in [0.1, 0.15) is 16.7 Å². The standard InChI is InChI=1S/C22H21N3OS/c1-16-14-27-21-20(16)24-15-25-22(21)23-12-11-17-7-9-19(10-8-17)26-13-18-5-3-2-4-6-18/h2-10,14-15H,11-13H2,1H3,(H,23,24,25). The fourth-order valence-electron chi connectivity index (χ4n) is 2.91. The molecule has 0 saturated heterocycles. The van der Waals surface area contributed by atoms with Gasteiger partial charge in [-0.15, -0.1) is 11.3 Å². The zero-order valence-electron chi connectivity index (χ0n) is 15.2. The van der Waals surface area contributed by atoms with Crippen LogP contribution in [0.4, 0.5) is 5.82 Å². The lowest BCUT2D eigenvalue weighted by atomic mass is 10.1. The largest absolute Gasteiger partial charge is 0.489 e. The van der Waals surface area contributed by atoms with Crippen LogP contribution in [0.5, 0.6) is 5.75 Å². The highest BCUT2D eigenvalue weighted by Gasteiger charge is 2.07. The van der Waals surface area contributed by atoms with Crippen molar-refractivity contribution in [2.24, 2.45) is 0 Å². The molecule has 4 rings (SSSR count). The molecule has 0 saturated carbocycles. The molecule has 4 aromatic rings. The predicted octanol–water partition coefficient (Wildman–Crippen LogP) is 5.23. The number of hydrogen-bond acceptors (Lipinski definition) is 5. The van der Waals surface area contributed by atoms with Crippen molar-refractivity contribution in [3.63, 3.8) is 0 Å². The topological polar surface area (TPSA) is 47.0 Å². The Balaban J connectivity index is 1.31. The van der Waals surface area contributed by atoms with Crippen molar-refractivity contribution in [3.8, 4) is 5.75 Å². The maximum absolute atomic E-state index is 5.84. The van der Waals surface area contributed by atoms with Gasteiger partial charge >= 0.3 is 0 Å². The first-order valence-electron chi connectivity index (χ1n) is 8.98. The van der Waals surface area contributed by atoms with Gasteiger partial charge in [-0.25, -0.2) is 9.97 Å². The van der Waals surface area contributed by atoms with E-state index in [1.165, 1.54) is 16.7 Å². The Morgan fingerprint density at radius 1 is 0.963 bits per heavy atom. The lowest BCUT2D eigenvalue weighted by Gasteiger charge is -2.09. The Labute approximate surface area is 162 Å². The van der Waals surface area contributed by atoms with E-state index in [0.717, 1.165) is 34.7 Å². The first kappa shape index (κ1) is 17.5. The molecule has 136 valence electrons. The maximum atomic E-state index is 5.84. The molecule has 0 bridgehead atoms. The van der Waals surface area contributed by atoms with Gasteiger partial charge in [0.15, 0.2) is 0 Å². The molecule has 0 amide bonds. The Bertz CT molecular complexity index is 1010. The first-order valence-corrected chi connectivity index (χ1v) is 9.86. The minimum absolute atomic E-state index is 0.589. The highest BCUT2D eigenvalue weighted by atomic mass is 32.1. The molecule has 0 aliphatic carbocycles. The summed E-state index contributed by atoms with van der Waals surface area (Å²) in [6.07, 6.45) is 2.55. The molecule has 0 atom stereocenters. The van der Waals surface area contributed by atoms with Gasteiger partial charge in [0.2, 0.25) is 0 Å². The fourth-order valence-corrected chi connectivity index (χ4v) is 3.88. The van der Waals surface area contributed by atoms with Gasteiger partial charge in [-0.3, -0.25) is 0 Å². The van der Waals surface area contributed by atoms with E-state index in [9.17, 15) is 0 Å². The van der Waals surface area contributed by atoms with E-state index in [1.807, 2.05) is 30.3 Å². The van der Waals surface area contributed by atoms with Crippen LogP contribution in [0, 0.1) is 6.92 Å². The Hall–Kier alpha value is -2.92. The van der Waals surface area contributed by atoms with Crippen LogP contribution < -0.4 is 10.1 Å². The third-order valence-electron chi connectivity index (χ3n) is 4.41. The third kappa shape index (κ3) is 4.26. The Kier molecular flexibility index (Phi) is 5.30. The summed E-state index contributed by atoms with van der Waals surface area (Å²) in [6.45, 7) is 3.50. The highest BCUT2D eigenvalue weighted by molar-refractivity contribution is 7.18. The molecule has 2 aromatic carbocycles. The number of rotatable bonds is 7.